The maximum Gasteiger partial charge on any atom is 0.227 e. The zero-order chi connectivity index (χ0) is 30.8. The van der Waals surface area contributed by atoms with Gasteiger partial charge in [0, 0.05) is 38.8 Å². The van der Waals surface area contributed by atoms with E-state index in [1.54, 1.807) is 29.4 Å². The first-order chi connectivity index (χ1) is 20.7. The Morgan fingerprint density at radius 3 is 2.51 bits per heavy atom. The molecule has 5 N–H and O–H groups in total. The topological polar surface area (TPSA) is 152 Å². The number of rotatable bonds is 15. The lowest BCUT2D eigenvalue weighted by Gasteiger charge is -2.31. The van der Waals surface area contributed by atoms with Crippen molar-refractivity contribution in [3.63, 3.8) is 0 Å². The molecule has 0 saturated carbocycles. The van der Waals surface area contributed by atoms with Gasteiger partial charge in [-0.15, -0.1) is 0 Å². The molecule has 2 aliphatic heterocycles. The predicted molar refractivity (Wildman–Crippen MR) is 159 cm³/mol. The van der Waals surface area contributed by atoms with E-state index in [-0.39, 0.29) is 24.8 Å². The van der Waals surface area contributed by atoms with Crippen LogP contribution in [0.1, 0.15) is 37.7 Å². The van der Waals surface area contributed by atoms with Gasteiger partial charge in [-0.1, -0.05) is 17.7 Å². The third kappa shape index (κ3) is 9.95. The van der Waals surface area contributed by atoms with Crippen molar-refractivity contribution in [3.8, 4) is 5.75 Å². The lowest BCUT2D eigenvalue weighted by molar-refractivity contribution is -0.129. The zero-order valence-electron chi connectivity index (χ0n) is 24.3. The second-order valence-electron chi connectivity index (χ2n) is 11.5. The lowest BCUT2D eigenvalue weighted by Crippen LogP contribution is -2.45. The maximum absolute atomic E-state index is 14.8. The second-order valence-corrected chi connectivity index (χ2v) is 11.9. The van der Waals surface area contributed by atoms with Crippen molar-refractivity contribution >= 4 is 23.5 Å². The Hall–Kier alpha value is -2.61. The van der Waals surface area contributed by atoms with Gasteiger partial charge >= 0.3 is 0 Å². The minimum Gasteiger partial charge on any atom is -0.493 e. The molecule has 4 atom stereocenters. The van der Waals surface area contributed by atoms with E-state index in [1.807, 2.05) is 0 Å². The Labute approximate surface area is 256 Å². The van der Waals surface area contributed by atoms with Crippen molar-refractivity contribution in [1.82, 2.24) is 20.2 Å². The molecule has 1 aromatic heterocycles. The highest BCUT2D eigenvalue weighted by atomic mass is 35.5. The van der Waals surface area contributed by atoms with Crippen LogP contribution in [0.25, 0.3) is 0 Å². The first-order valence-corrected chi connectivity index (χ1v) is 15.4. The summed E-state index contributed by atoms with van der Waals surface area (Å²) >= 11 is 5.88. The fraction of sp³-hybridized carbons (Fsp3) is 0.633. The predicted octanol–water partition coefficient (Wildman–Crippen LogP) is 1.40. The Bertz CT molecular complexity index is 1160. The molecular formula is C30H43ClFN5O6. The molecule has 2 aliphatic rings. The number of carbonyl (C=O) groups excluding carboxylic acids is 1. The largest absolute Gasteiger partial charge is 0.493 e. The zero-order valence-corrected chi connectivity index (χ0v) is 25.1. The lowest BCUT2D eigenvalue weighted by atomic mass is 9.92. The third-order valence-electron chi connectivity index (χ3n) is 8.30. The van der Waals surface area contributed by atoms with Crippen molar-refractivity contribution in [1.29, 1.82) is 0 Å². The monoisotopic (exact) mass is 623 g/mol. The van der Waals surface area contributed by atoms with Crippen molar-refractivity contribution in [3.05, 3.63) is 47.0 Å². The summed E-state index contributed by atoms with van der Waals surface area (Å²) in [6, 6.07) is 4.66. The smallest absolute Gasteiger partial charge is 0.227 e. The number of carbonyl (C=O) groups is 1. The number of hydrogen-bond donors (Lipinski definition) is 5. The number of halogens is 2. The van der Waals surface area contributed by atoms with Crippen LogP contribution in [-0.2, 0) is 11.2 Å². The molecule has 0 bridgehead atoms. The Balaban J connectivity index is 1.11. The van der Waals surface area contributed by atoms with Gasteiger partial charge < -0.3 is 40.3 Å². The number of aliphatic hydroxyl groups is 4. The molecule has 2 aromatic rings. The van der Waals surface area contributed by atoms with Crippen LogP contribution in [0.5, 0.6) is 5.75 Å². The van der Waals surface area contributed by atoms with Crippen LogP contribution in [0.4, 0.5) is 10.3 Å². The number of nitrogens with zero attached hydrogens (tertiary/aromatic N) is 4. The van der Waals surface area contributed by atoms with E-state index < -0.39 is 30.7 Å². The average molecular weight is 624 g/mol. The number of benzene rings is 1. The second kappa shape index (κ2) is 16.5. The quantitative estimate of drug-likeness (QED) is 0.184. The normalized spacial score (nSPS) is 19.8. The number of amides is 1. The molecule has 11 nitrogen and oxygen atoms in total. The standard InChI is InChI=1S/C30H43ClFN5O6/c31-23-15-34-30(35-16-23)36-8-5-20(6-9-36)2-1-11-43-24-4-3-22(25(32)13-24)12-28(41)37-10-7-21(18-37)14-33-17-26(39)29(42)27(40)19-38/h3-4,13,15-16,20-21,26-27,29,33,38-40,42H,1-2,5-12,14,17-19H2/t21-,26?,27?,29?/m1/s1. The molecule has 0 aliphatic carbocycles. The van der Waals surface area contributed by atoms with Gasteiger partial charge in [0.05, 0.1) is 43.2 Å². The van der Waals surface area contributed by atoms with E-state index in [9.17, 15) is 24.5 Å². The molecule has 2 fully saturated rings. The Morgan fingerprint density at radius 2 is 1.81 bits per heavy atom. The molecular weight excluding hydrogens is 581 g/mol. The van der Waals surface area contributed by atoms with E-state index in [0.717, 1.165) is 45.2 Å². The van der Waals surface area contributed by atoms with Crippen LogP contribution in [0, 0.1) is 17.7 Å². The summed E-state index contributed by atoms with van der Waals surface area (Å²) in [5, 5.41) is 41.5. The van der Waals surface area contributed by atoms with Crippen LogP contribution in [0.2, 0.25) is 5.02 Å². The Morgan fingerprint density at radius 1 is 1.09 bits per heavy atom. The van der Waals surface area contributed by atoms with Crippen LogP contribution >= 0.6 is 11.6 Å². The third-order valence-corrected chi connectivity index (χ3v) is 8.49. The van der Waals surface area contributed by atoms with Gasteiger partial charge in [-0.2, -0.15) is 0 Å². The number of piperidine rings is 1. The highest BCUT2D eigenvalue weighted by Gasteiger charge is 2.28. The molecule has 13 heteroatoms. The molecule has 0 spiro atoms. The van der Waals surface area contributed by atoms with Gasteiger partial charge in [0.1, 0.15) is 23.8 Å². The van der Waals surface area contributed by atoms with Gasteiger partial charge in [0.15, 0.2) is 0 Å². The van der Waals surface area contributed by atoms with Crippen LogP contribution in [0.3, 0.4) is 0 Å². The number of aliphatic hydroxyl groups excluding tert-OH is 4. The van der Waals surface area contributed by atoms with Crippen molar-refractivity contribution in [2.24, 2.45) is 11.8 Å². The Kier molecular flexibility index (Phi) is 12.7. The van der Waals surface area contributed by atoms with Crippen LogP contribution in [-0.4, -0.2) is 112 Å². The summed E-state index contributed by atoms with van der Waals surface area (Å²) in [6.45, 7) is 3.30. The molecule has 0 radical (unpaired) electrons. The number of aromatic nitrogens is 2. The van der Waals surface area contributed by atoms with Gasteiger partial charge in [-0.25, -0.2) is 14.4 Å². The van der Waals surface area contributed by atoms with Crippen molar-refractivity contribution in [2.45, 2.75) is 56.8 Å². The number of ether oxygens (including phenoxy) is 1. The minimum absolute atomic E-state index is 0.0318. The summed E-state index contributed by atoms with van der Waals surface area (Å²) in [5.74, 6) is 1.31. The van der Waals surface area contributed by atoms with Gasteiger partial charge in [-0.3, -0.25) is 4.79 Å². The fourth-order valence-electron chi connectivity index (χ4n) is 5.63. The van der Waals surface area contributed by atoms with Gasteiger partial charge in [-0.05, 0) is 62.1 Å². The highest BCUT2D eigenvalue weighted by molar-refractivity contribution is 6.30. The van der Waals surface area contributed by atoms with Crippen molar-refractivity contribution < 1.29 is 34.3 Å². The maximum atomic E-state index is 14.8. The average Bonchev–Trinajstić information content (AvgIpc) is 3.49. The van der Waals surface area contributed by atoms with E-state index in [1.165, 1.54) is 6.07 Å². The van der Waals surface area contributed by atoms with Crippen molar-refractivity contribution in [2.75, 3.05) is 57.4 Å². The SMILES string of the molecule is O=C(Cc1ccc(OCCCC2CCN(c3ncc(Cl)cn3)CC2)cc1F)N1CC[C@H](CNCC(O)C(O)C(O)CO)C1. The molecule has 238 valence electrons. The first-order valence-electron chi connectivity index (χ1n) is 15.0. The number of anilines is 1. The number of hydrogen-bond acceptors (Lipinski definition) is 10. The van der Waals surface area contributed by atoms with E-state index in [0.29, 0.717) is 54.4 Å². The fourth-order valence-corrected chi connectivity index (χ4v) is 5.73. The summed E-state index contributed by atoms with van der Waals surface area (Å²) in [5.41, 5.74) is 0.329. The van der Waals surface area contributed by atoms with E-state index >= 15 is 0 Å². The summed E-state index contributed by atoms with van der Waals surface area (Å²) in [6.07, 6.45) is 3.91. The van der Waals surface area contributed by atoms with Crippen LogP contribution in [0.15, 0.2) is 30.6 Å². The summed E-state index contributed by atoms with van der Waals surface area (Å²) in [4.78, 5) is 25.3. The van der Waals surface area contributed by atoms with E-state index in [2.05, 4.69) is 20.2 Å². The summed E-state index contributed by atoms with van der Waals surface area (Å²) < 4.78 is 20.6. The molecule has 1 aromatic carbocycles. The first kappa shape index (κ1) is 33.3. The highest BCUT2D eigenvalue weighted by Crippen LogP contribution is 2.25. The number of nitrogens with one attached hydrogen (secondary N) is 1. The number of likely N-dealkylation sites (tertiary alicyclic amines) is 1. The molecule has 3 unspecified atom stereocenters. The molecule has 3 heterocycles. The molecule has 43 heavy (non-hydrogen) atoms. The van der Waals surface area contributed by atoms with Gasteiger partial charge in [0.2, 0.25) is 11.9 Å². The van der Waals surface area contributed by atoms with Gasteiger partial charge in [0.25, 0.3) is 0 Å². The minimum atomic E-state index is -1.45. The van der Waals surface area contributed by atoms with Crippen LogP contribution < -0.4 is 15.0 Å². The molecule has 4 rings (SSSR count). The van der Waals surface area contributed by atoms with E-state index in [4.69, 9.17) is 21.4 Å². The molecule has 1 amide bonds. The molecule has 2 saturated heterocycles. The summed E-state index contributed by atoms with van der Waals surface area (Å²) in [7, 11) is 0.